The van der Waals surface area contributed by atoms with Crippen molar-refractivity contribution in [3.05, 3.63) is 72.4 Å². The molecule has 0 saturated heterocycles. The second kappa shape index (κ2) is 6.16. The van der Waals surface area contributed by atoms with Crippen molar-refractivity contribution in [2.24, 2.45) is 0 Å². The fraction of sp³-hybridized carbons (Fsp3) is 0.167. The minimum Gasteiger partial charge on any atom is -0.493 e. The summed E-state index contributed by atoms with van der Waals surface area (Å²) in [7, 11) is 0. The zero-order valence-corrected chi connectivity index (χ0v) is 12.9. The van der Waals surface area contributed by atoms with Gasteiger partial charge in [0.15, 0.2) is 0 Å². The molecule has 0 bridgehead atoms. The highest BCUT2D eigenvalue weighted by atomic mass is 16.5. The molecule has 0 saturated carbocycles. The molecule has 6 heteroatoms. The summed E-state index contributed by atoms with van der Waals surface area (Å²) in [6.07, 6.45) is 7.49. The molecule has 3 aromatic rings. The predicted molar refractivity (Wildman–Crippen MR) is 88.1 cm³/mol. The number of nitrogens with one attached hydrogen (secondary N) is 1. The van der Waals surface area contributed by atoms with Crippen molar-refractivity contribution in [3.8, 4) is 11.6 Å². The van der Waals surface area contributed by atoms with E-state index in [2.05, 4.69) is 15.3 Å². The Morgan fingerprint density at radius 3 is 2.96 bits per heavy atom. The number of carbonyl (C=O) groups excluding carboxylic acids is 1. The van der Waals surface area contributed by atoms with Crippen LogP contribution in [0.25, 0.3) is 5.82 Å². The molecule has 6 nitrogen and oxygen atoms in total. The largest absolute Gasteiger partial charge is 0.493 e. The van der Waals surface area contributed by atoms with Crippen molar-refractivity contribution >= 4 is 5.91 Å². The molecule has 0 radical (unpaired) electrons. The van der Waals surface area contributed by atoms with Gasteiger partial charge in [0, 0.05) is 30.6 Å². The maximum absolute atomic E-state index is 12.5. The summed E-state index contributed by atoms with van der Waals surface area (Å²) in [5.74, 6) is 1.42. The molecule has 1 unspecified atom stereocenters. The van der Waals surface area contributed by atoms with Gasteiger partial charge in [0.1, 0.15) is 17.9 Å². The summed E-state index contributed by atoms with van der Waals surface area (Å²) in [6, 6.07) is 11.3. The third kappa shape index (κ3) is 2.74. The van der Waals surface area contributed by atoms with E-state index in [1.807, 2.05) is 24.3 Å². The quantitative estimate of drug-likeness (QED) is 0.805. The Hall–Kier alpha value is -3.15. The summed E-state index contributed by atoms with van der Waals surface area (Å²) in [6.45, 7) is 0.597. The van der Waals surface area contributed by atoms with Gasteiger partial charge in [0.05, 0.1) is 18.2 Å². The number of carbonyl (C=O) groups is 1. The van der Waals surface area contributed by atoms with Crippen LogP contribution < -0.4 is 10.1 Å². The van der Waals surface area contributed by atoms with Crippen molar-refractivity contribution in [1.82, 2.24) is 19.9 Å². The molecule has 0 fully saturated rings. The third-order valence-corrected chi connectivity index (χ3v) is 4.04. The van der Waals surface area contributed by atoms with Gasteiger partial charge in [-0.3, -0.25) is 9.36 Å². The maximum atomic E-state index is 12.5. The molecule has 1 aromatic carbocycles. The lowest BCUT2D eigenvalue weighted by atomic mass is 10.0. The van der Waals surface area contributed by atoms with Gasteiger partial charge < -0.3 is 10.1 Å². The normalized spacial score (nSPS) is 16.1. The lowest BCUT2D eigenvalue weighted by Crippen LogP contribution is -2.32. The summed E-state index contributed by atoms with van der Waals surface area (Å²) >= 11 is 0. The van der Waals surface area contributed by atoms with Crippen LogP contribution in [0.5, 0.6) is 5.75 Å². The molecular formula is C18H16N4O2. The van der Waals surface area contributed by atoms with Gasteiger partial charge in [0.25, 0.3) is 5.91 Å². The van der Waals surface area contributed by atoms with Gasteiger partial charge in [-0.15, -0.1) is 0 Å². The highest BCUT2D eigenvalue weighted by Gasteiger charge is 2.23. The number of pyridine rings is 1. The highest BCUT2D eigenvalue weighted by molar-refractivity contribution is 5.94. The van der Waals surface area contributed by atoms with E-state index in [0.29, 0.717) is 12.2 Å². The van der Waals surface area contributed by atoms with Crippen molar-refractivity contribution in [2.45, 2.75) is 12.5 Å². The van der Waals surface area contributed by atoms with E-state index < -0.39 is 0 Å². The smallest absolute Gasteiger partial charge is 0.253 e. The first kappa shape index (κ1) is 14.4. The molecule has 1 aliphatic heterocycles. The van der Waals surface area contributed by atoms with Crippen LogP contribution in [0.15, 0.2) is 61.3 Å². The number of benzene rings is 1. The van der Waals surface area contributed by atoms with Crippen LogP contribution in [0.3, 0.4) is 0 Å². The van der Waals surface area contributed by atoms with Gasteiger partial charge in [-0.05, 0) is 18.2 Å². The SMILES string of the molecule is O=C(NC1CCOc2ccccc21)c1ccc(-n2ccnc2)nc1. The first-order chi connectivity index (χ1) is 11.8. The molecule has 120 valence electrons. The molecular weight excluding hydrogens is 304 g/mol. The molecule has 0 spiro atoms. The number of ether oxygens (including phenoxy) is 1. The van der Waals surface area contributed by atoms with E-state index in [-0.39, 0.29) is 11.9 Å². The van der Waals surface area contributed by atoms with E-state index >= 15 is 0 Å². The average molecular weight is 320 g/mol. The first-order valence-electron chi connectivity index (χ1n) is 7.78. The lowest BCUT2D eigenvalue weighted by Gasteiger charge is -2.26. The molecule has 4 rings (SSSR count). The molecule has 1 N–H and O–H groups in total. The van der Waals surface area contributed by atoms with Crippen LogP contribution >= 0.6 is 0 Å². The first-order valence-corrected chi connectivity index (χ1v) is 7.78. The van der Waals surface area contributed by atoms with Crippen molar-refractivity contribution < 1.29 is 9.53 Å². The number of fused-ring (bicyclic) bond motifs is 1. The number of amides is 1. The van der Waals surface area contributed by atoms with E-state index in [0.717, 1.165) is 23.6 Å². The number of rotatable bonds is 3. The number of hydrogen-bond acceptors (Lipinski definition) is 4. The summed E-state index contributed by atoms with van der Waals surface area (Å²) in [5, 5.41) is 3.07. The van der Waals surface area contributed by atoms with Gasteiger partial charge in [-0.25, -0.2) is 9.97 Å². The number of nitrogens with zero attached hydrogens (tertiary/aromatic N) is 3. The van der Waals surface area contributed by atoms with Crippen LogP contribution in [0.2, 0.25) is 0 Å². The van der Waals surface area contributed by atoms with Crippen LogP contribution in [0.4, 0.5) is 0 Å². The molecule has 1 amide bonds. The standard InChI is InChI=1S/C18H16N4O2/c23-18(13-5-6-17(20-11-13)22-9-8-19-12-22)21-15-7-10-24-16-4-2-1-3-14(15)16/h1-6,8-9,11-12,15H,7,10H2,(H,21,23). The zero-order valence-electron chi connectivity index (χ0n) is 12.9. The number of imidazole rings is 1. The van der Waals surface area contributed by atoms with Crippen LogP contribution in [0.1, 0.15) is 28.4 Å². The van der Waals surface area contributed by atoms with Gasteiger partial charge in [0.2, 0.25) is 0 Å². The lowest BCUT2D eigenvalue weighted by molar-refractivity contribution is 0.0924. The minimum absolute atomic E-state index is 0.0456. The van der Waals surface area contributed by atoms with Crippen molar-refractivity contribution in [1.29, 1.82) is 0 Å². The molecule has 24 heavy (non-hydrogen) atoms. The monoisotopic (exact) mass is 320 g/mol. The summed E-state index contributed by atoms with van der Waals surface area (Å²) in [4.78, 5) is 20.8. The predicted octanol–water partition coefficient (Wildman–Crippen LogP) is 2.52. The second-order valence-corrected chi connectivity index (χ2v) is 5.58. The highest BCUT2D eigenvalue weighted by Crippen LogP contribution is 2.31. The number of para-hydroxylation sites is 1. The van der Waals surface area contributed by atoms with E-state index in [4.69, 9.17) is 4.74 Å². The van der Waals surface area contributed by atoms with E-state index in [9.17, 15) is 4.79 Å². The second-order valence-electron chi connectivity index (χ2n) is 5.58. The number of hydrogen-bond donors (Lipinski definition) is 1. The fourth-order valence-corrected chi connectivity index (χ4v) is 2.80. The van der Waals surface area contributed by atoms with Gasteiger partial charge in [-0.1, -0.05) is 18.2 Å². The number of aromatic nitrogens is 3. The third-order valence-electron chi connectivity index (χ3n) is 4.04. The Bertz CT molecular complexity index is 844. The molecule has 2 aromatic heterocycles. The Morgan fingerprint density at radius 1 is 1.25 bits per heavy atom. The van der Waals surface area contributed by atoms with Gasteiger partial charge >= 0.3 is 0 Å². The zero-order chi connectivity index (χ0) is 16.4. The van der Waals surface area contributed by atoms with Crippen LogP contribution in [-0.4, -0.2) is 27.0 Å². The Morgan fingerprint density at radius 2 is 2.17 bits per heavy atom. The maximum Gasteiger partial charge on any atom is 0.253 e. The molecule has 0 aliphatic carbocycles. The van der Waals surface area contributed by atoms with Crippen LogP contribution in [0, 0.1) is 0 Å². The van der Waals surface area contributed by atoms with Gasteiger partial charge in [-0.2, -0.15) is 0 Å². The van der Waals surface area contributed by atoms with Crippen molar-refractivity contribution in [2.75, 3.05) is 6.61 Å². The molecule has 1 aliphatic rings. The average Bonchev–Trinajstić information content (AvgIpc) is 3.17. The van der Waals surface area contributed by atoms with Crippen LogP contribution in [-0.2, 0) is 0 Å². The molecule has 1 atom stereocenters. The summed E-state index contributed by atoms with van der Waals surface area (Å²) < 4.78 is 7.41. The van der Waals surface area contributed by atoms with E-state index in [1.165, 1.54) is 0 Å². The molecule has 3 heterocycles. The Labute approximate surface area is 139 Å². The fourth-order valence-electron chi connectivity index (χ4n) is 2.80. The van der Waals surface area contributed by atoms with Crippen molar-refractivity contribution in [3.63, 3.8) is 0 Å². The Balaban J connectivity index is 1.51. The van der Waals surface area contributed by atoms with E-state index in [1.54, 1.807) is 41.6 Å². The topological polar surface area (TPSA) is 69.0 Å². The minimum atomic E-state index is -0.138. The summed E-state index contributed by atoms with van der Waals surface area (Å²) in [5.41, 5.74) is 1.54. The Kier molecular flexibility index (Phi) is 3.70.